The van der Waals surface area contributed by atoms with Crippen LogP contribution in [0.2, 0.25) is 0 Å². The topological polar surface area (TPSA) is 17.1 Å². The zero-order chi connectivity index (χ0) is 13.2. The van der Waals surface area contributed by atoms with E-state index < -0.39 is 0 Å². The first-order chi connectivity index (χ1) is 9.25. The lowest BCUT2D eigenvalue weighted by Crippen LogP contribution is -2.06. The minimum absolute atomic E-state index is 0.301. The zero-order valence-corrected chi connectivity index (χ0v) is 12.4. The number of ketones is 1. The minimum Gasteiger partial charge on any atom is -0.294 e. The molecule has 0 radical (unpaired) electrons. The molecule has 1 fully saturated rings. The van der Waals surface area contributed by atoms with Crippen LogP contribution in [0.4, 0.5) is 0 Å². The van der Waals surface area contributed by atoms with Gasteiger partial charge in [0.25, 0.3) is 0 Å². The van der Waals surface area contributed by atoms with Gasteiger partial charge in [0.2, 0.25) is 0 Å². The Morgan fingerprint density at radius 1 is 1.05 bits per heavy atom. The number of halogens is 1. The molecule has 1 aliphatic rings. The Morgan fingerprint density at radius 2 is 1.74 bits per heavy atom. The Bertz CT molecular complexity index is 612. The molecule has 0 N–H and O–H groups in total. The molecule has 1 saturated carbocycles. The molecule has 1 nitrogen and oxygen atoms in total. The van der Waals surface area contributed by atoms with Gasteiger partial charge in [0.05, 0.1) is 0 Å². The summed E-state index contributed by atoms with van der Waals surface area (Å²) in [6, 6.07) is 12.1. The second-order valence-corrected chi connectivity index (χ2v) is 6.27. The minimum atomic E-state index is 0.301. The van der Waals surface area contributed by atoms with Crippen LogP contribution in [0.3, 0.4) is 0 Å². The summed E-state index contributed by atoms with van der Waals surface area (Å²) in [6.07, 6.45) is 5.74. The molecule has 0 aliphatic heterocycles. The van der Waals surface area contributed by atoms with Gasteiger partial charge < -0.3 is 0 Å². The van der Waals surface area contributed by atoms with E-state index in [2.05, 4.69) is 22.0 Å². The summed E-state index contributed by atoms with van der Waals surface area (Å²) >= 11 is 3.56. The fraction of sp³-hybridized carbons (Fsp3) is 0.353. The van der Waals surface area contributed by atoms with Crippen LogP contribution in [0.25, 0.3) is 10.8 Å². The monoisotopic (exact) mass is 316 g/mol. The molecular formula is C17H17BrO. The summed E-state index contributed by atoms with van der Waals surface area (Å²) < 4.78 is 1.06. The van der Waals surface area contributed by atoms with Crippen molar-refractivity contribution in [1.82, 2.24) is 0 Å². The fourth-order valence-electron chi connectivity index (χ4n) is 3.09. The van der Waals surface area contributed by atoms with Crippen LogP contribution in [-0.4, -0.2) is 5.78 Å². The summed E-state index contributed by atoms with van der Waals surface area (Å²) in [5, 5.41) is 2.19. The van der Waals surface area contributed by atoms with E-state index >= 15 is 0 Å². The number of Topliss-reactive ketones (excluding diaryl/α,β-unsaturated/α-hetero) is 1. The average Bonchev–Trinajstić information content (AvgIpc) is 2.92. The Labute approximate surface area is 122 Å². The van der Waals surface area contributed by atoms with Crippen molar-refractivity contribution in [2.24, 2.45) is 5.92 Å². The van der Waals surface area contributed by atoms with E-state index in [1.165, 1.54) is 25.7 Å². The van der Waals surface area contributed by atoms with Crippen LogP contribution in [0.1, 0.15) is 42.5 Å². The largest absolute Gasteiger partial charge is 0.294 e. The number of fused-ring (bicyclic) bond motifs is 1. The van der Waals surface area contributed by atoms with Crippen molar-refractivity contribution in [3.8, 4) is 0 Å². The molecule has 0 bridgehead atoms. The van der Waals surface area contributed by atoms with Crippen LogP contribution in [0, 0.1) is 5.92 Å². The van der Waals surface area contributed by atoms with Crippen molar-refractivity contribution in [1.29, 1.82) is 0 Å². The van der Waals surface area contributed by atoms with Crippen LogP contribution < -0.4 is 0 Å². The van der Waals surface area contributed by atoms with Gasteiger partial charge >= 0.3 is 0 Å². The third kappa shape index (κ3) is 2.59. The maximum absolute atomic E-state index is 12.5. The van der Waals surface area contributed by atoms with Gasteiger partial charge in [-0.3, -0.25) is 4.79 Å². The average molecular weight is 317 g/mol. The summed E-state index contributed by atoms with van der Waals surface area (Å²) in [5.74, 6) is 0.908. The maximum Gasteiger partial charge on any atom is 0.163 e. The van der Waals surface area contributed by atoms with Gasteiger partial charge in [0.15, 0.2) is 5.78 Å². The Morgan fingerprint density at radius 3 is 2.47 bits per heavy atom. The van der Waals surface area contributed by atoms with E-state index in [9.17, 15) is 4.79 Å². The zero-order valence-electron chi connectivity index (χ0n) is 10.9. The molecule has 0 atom stereocenters. The molecular weight excluding hydrogens is 300 g/mol. The van der Waals surface area contributed by atoms with Crippen molar-refractivity contribution in [2.75, 3.05) is 0 Å². The molecule has 1 aliphatic carbocycles. The smallest absolute Gasteiger partial charge is 0.163 e. The number of carbonyl (C=O) groups is 1. The molecule has 0 unspecified atom stereocenters. The molecule has 0 spiro atoms. The lowest BCUT2D eigenvalue weighted by molar-refractivity contribution is 0.0964. The van der Waals surface area contributed by atoms with E-state index in [0.717, 1.165) is 20.8 Å². The molecule has 0 aromatic heterocycles. The lowest BCUT2D eigenvalue weighted by atomic mass is 9.94. The molecule has 98 valence electrons. The van der Waals surface area contributed by atoms with Crippen LogP contribution in [0.15, 0.2) is 40.9 Å². The first-order valence-corrected chi connectivity index (χ1v) is 7.75. The summed E-state index contributed by atoms with van der Waals surface area (Å²) in [7, 11) is 0. The van der Waals surface area contributed by atoms with Crippen molar-refractivity contribution >= 4 is 32.5 Å². The first-order valence-electron chi connectivity index (χ1n) is 6.96. The van der Waals surface area contributed by atoms with Gasteiger partial charge in [-0.25, -0.2) is 0 Å². The highest BCUT2D eigenvalue weighted by molar-refractivity contribution is 9.10. The molecule has 2 aromatic carbocycles. The number of hydrogen-bond acceptors (Lipinski definition) is 1. The van der Waals surface area contributed by atoms with Crippen molar-refractivity contribution in [2.45, 2.75) is 32.1 Å². The predicted molar refractivity (Wildman–Crippen MR) is 82.6 cm³/mol. The summed E-state index contributed by atoms with van der Waals surface area (Å²) in [4.78, 5) is 12.5. The molecule has 2 heteroatoms. The first kappa shape index (κ1) is 12.9. The normalized spacial score (nSPS) is 16.1. The van der Waals surface area contributed by atoms with Crippen LogP contribution >= 0.6 is 15.9 Å². The Kier molecular flexibility index (Phi) is 3.69. The van der Waals surface area contributed by atoms with E-state index in [1.807, 2.05) is 30.3 Å². The maximum atomic E-state index is 12.5. The predicted octanol–water partition coefficient (Wildman–Crippen LogP) is 5.37. The second kappa shape index (κ2) is 5.46. The number of carbonyl (C=O) groups excluding carboxylic acids is 1. The van der Waals surface area contributed by atoms with Crippen molar-refractivity contribution in [3.63, 3.8) is 0 Å². The molecule has 0 saturated heterocycles. The number of hydrogen-bond donors (Lipinski definition) is 0. The van der Waals surface area contributed by atoms with Crippen LogP contribution in [0.5, 0.6) is 0 Å². The summed E-state index contributed by atoms with van der Waals surface area (Å²) in [5.41, 5.74) is 0.880. The van der Waals surface area contributed by atoms with Crippen molar-refractivity contribution in [3.05, 3.63) is 46.4 Å². The molecule has 2 aromatic rings. The molecule has 3 rings (SSSR count). The standard InChI is InChI=1S/C17H17BrO/c18-16-10-9-15(13-7-3-4-8-14(13)16)17(19)11-12-5-1-2-6-12/h3-4,7-10,12H,1-2,5-6,11H2. The SMILES string of the molecule is O=C(CC1CCCC1)c1ccc(Br)c2ccccc12. The Hall–Kier alpha value is -1.15. The van der Waals surface area contributed by atoms with E-state index in [0.29, 0.717) is 18.1 Å². The van der Waals surface area contributed by atoms with Gasteiger partial charge in [0.1, 0.15) is 0 Å². The fourth-order valence-corrected chi connectivity index (χ4v) is 3.57. The number of benzene rings is 2. The highest BCUT2D eigenvalue weighted by Gasteiger charge is 2.20. The highest BCUT2D eigenvalue weighted by Crippen LogP contribution is 2.31. The lowest BCUT2D eigenvalue weighted by Gasteiger charge is -2.10. The number of rotatable bonds is 3. The van der Waals surface area contributed by atoms with E-state index in [1.54, 1.807) is 0 Å². The van der Waals surface area contributed by atoms with E-state index in [4.69, 9.17) is 0 Å². The van der Waals surface area contributed by atoms with Gasteiger partial charge in [-0.2, -0.15) is 0 Å². The van der Waals surface area contributed by atoms with Crippen molar-refractivity contribution < 1.29 is 4.79 Å². The van der Waals surface area contributed by atoms with Gasteiger partial charge in [-0.15, -0.1) is 0 Å². The van der Waals surface area contributed by atoms with Gasteiger partial charge in [0, 0.05) is 16.5 Å². The van der Waals surface area contributed by atoms with Crippen LogP contribution in [-0.2, 0) is 0 Å². The van der Waals surface area contributed by atoms with Gasteiger partial charge in [-0.05, 0) is 28.8 Å². The third-order valence-corrected chi connectivity index (χ3v) is 4.81. The summed E-state index contributed by atoms with van der Waals surface area (Å²) in [6.45, 7) is 0. The van der Waals surface area contributed by atoms with Gasteiger partial charge in [-0.1, -0.05) is 65.9 Å². The molecule has 0 amide bonds. The molecule has 0 heterocycles. The Balaban J connectivity index is 1.95. The molecule has 19 heavy (non-hydrogen) atoms. The second-order valence-electron chi connectivity index (χ2n) is 5.42. The van der Waals surface area contributed by atoms with E-state index in [-0.39, 0.29) is 0 Å². The highest BCUT2D eigenvalue weighted by atomic mass is 79.9. The quantitative estimate of drug-likeness (QED) is 0.696. The third-order valence-electron chi connectivity index (χ3n) is 4.12.